The van der Waals surface area contributed by atoms with Gasteiger partial charge in [-0.3, -0.25) is 4.79 Å². The van der Waals surface area contributed by atoms with Crippen LogP contribution < -0.4 is 5.73 Å². The molecule has 2 N–H and O–H groups in total. The summed E-state index contributed by atoms with van der Waals surface area (Å²) in [7, 11) is 0. The van der Waals surface area contributed by atoms with Gasteiger partial charge in [-0.2, -0.15) is 0 Å². The molecule has 9 heteroatoms. The van der Waals surface area contributed by atoms with Crippen LogP contribution in [0.25, 0.3) is 0 Å². The standard InChI is InChI=1S/C21H22N4O2S.2ClH/c1-14-10-16(24-27-14)13-28-20-17(8-5-9-23-20)21(26)25-11-18(19(22)12-25)15-6-3-2-4-7-15;;/h2-10,18-19H,11-13,22H2,1H3;2*1H/t18-,19+;;/m0../s1. The lowest BCUT2D eigenvalue weighted by molar-refractivity contribution is 0.0785. The topological polar surface area (TPSA) is 85.2 Å². The van der Waals surface area contributed by atoms with Crippen LogP contribution in [0, 0.1) is 6.92 Å². The fourth-order valence-electron chi connectivity index (χ4n) is 3.51. The Bertz CT molecular complexity index is 970. The first-order chi connectivity index (χ1) is 13.6. The van der Waals surface area contributed by atoms with Crippen LogP contribution in [0.1, 0.15) is 33.3 Å². The molecule has 2 aromatic heterocycles. The van der Waals surface area contributed by atoms with Gasteiger partial charge in [0.25, 0.3) is 5.91 Å². The minimum absolute atomic E-state index is 0. The van der Waals surface area contributed by atoms with E-state index in [4.69, 9.17) is 10.3 Å². The molecule has 0 aliphatic carbocycles. The molecule has 2 atom stereocenters. The van der Waals surface area contributed by atoms with Gasteiger partial charge in [0.05, 0.1) is 11.3 Å². The number of rotatable bonds is 5. The van der Waals surface area contributed by atoms with Gasteiger partial charge in [-0.1, -0.05) is 47.3 Å². The zero-order valence-electron chi connectivity index (χ0n) is 16.4. The van der Waals surface area contributed by atoms with Crippen LogP contribution in [-0.2, 0) is 5.75 Å². The monoisotopic (exact) mass is 466 g/mol. The molecule has 0 saturated carbocycles. The SMILES string of the molecule is Cc1cc(CSc2ncccc2C(=O)N2C[C@@H](N)[C@H](c3ccccc3)C2)no1.Cl.Cl. The number of nitrogens with zero attached hydrogens (tertiary/aromatic N) is 3. The fourth-order valence-corrected chi connectivity index (χ4v) is 4.38. The lowest BCUT2D eigenvalue weighted by atomic mass is 9.95. The molecule has 0 bridgehead atoms. The van der Waals surface area contributed by atoms with Crippen LogP contribution in [0.3, 0.4) is 0 Å². The van der Waals surface area contributed by atoms with E-state index < -0.39 is 0 Å². The van der Waals surface area contributed by atoms with Gasteiger partial charge in [-0.05, 0) is 24.6 Å². The second-order valence-corrected chi connectivity index (χ2v) is 7.93. The predicted molar refractivity (Wildman–Crippen MR) is 123 cm³/mol. The summed E-state index contributed by atoms with van der Waals surface area (Å²) in [5, 5.41) is 4.70. The van der Waals surface area contributed by atoms with Crippen LogP contribution in [-0.4, -0.2) is 40.1 Å². The molecule has 1 saturated heterocycles. The van der Waals surface area contributed by atoms with Crippen molar-refractivity contribution < 1.29 is 9.32 Å². The van der Waals surface area contributed by atoms with Crippen molar-refractivity contribution >= 4 is 42.5 Å². The molecule has 0 spiro atoms. The molecule has 1 aliphatic rings. The molecule has 4 rings (SSSR count). The van der Waals surface area contributed by atoms with E-state index in [9.17, 15) is 4.79 Å². The van der Waals surface area contributed by atoms with Gasteiger partial charge in [0.15, 0.2) is 0 Å². The molecule has 30 heavy (non-hydrogen) atoms. The Morgan fingerprint density at radius 2 is 1.97 bits per heavy atom. The quantitative estimate of drug-likeness (QED) is 0.570. The summed E-state index contributed by atoms with van der Waals surface area (Å²) in [5.74, 6) is 1.49. The van der Waals surface area contributed by atoms with E-state index in [1.54, 1.807) is 12.3 Å². The van der Waals surface area contributed by atoms with Gasteiger partial charge >= 0.3 is 0 Å². The maximum atomic E-state index is 13.2. The summed E-state index contributed by atoms with van der Waals surface area (Å²) in [6, 6.07) is 15.6. The van der Waals surface area contributed by atoms with Gasteiger partial charge in [0.1, 0.15) is 10.8 Å². The third-order valence-corrected chi connectivity index (χ3v) is 5.95. The summed E-state index contributed by atoms with van der Waals surface area (Å²) < 4.78 is 5.10. The highest BCUT2D eigenvalue weighted by Crippen LogP contribution is 2.30. The first-order valence-electron chi connectivity index (χ1n) is 9.21. The minimum Gasteiger partial charge on any atom is -0.361 e. The predicted octanol–water partition coefficient (Wildman–Crippen LogP) is 4.08. The Balaban J connectivity index is 0.00000160. The normalized spacial score (nSPS) is 17.9. The highest BCUT2D eigenvalue weighted by atomic mass is 35.5. The number of thioether (sulfide) groups is 1. The van der Waals surface area contributed by atoms with Crippen LogP contribution in [0.4, 0.5) is 0 Å². The number of hydrogen-bond donors (Lipinski definition) is 1. The van der Waals surface area contributed by atoms with Crippen LogP contribution in [0.15, 0.2) is 64.3 Å². The molecule has 1 aliphatic heterocycles. The number of pyridine rings is 1. The molecule has 0 unspecified atom stereocenters. The number of benzene rings is 1. The maximum absolute atomic E-state index is 13.2. The second-order valence-electron chi connectivity index (χ2n) is 6.96. The van der Waals surface area contributed by atoms with Crippen LogP contribution in [0.2, 0.25) is 0 Å². The molecular weight excluding hydrogens is 443 g/mol. The summed E-state index contributed by atoms with van der Waals surface area (Å²) in [5.41, 5.74) is 8.97. The van der Waals surface area contributed by atoms with Crippen LogP contribution in [0.5, 0.6) is 0 Å². The summed E-state index contributed by atoms with van der Waals surface area (Å²) in [6.45, 7) is 3.02. The van der Waals surface area contributed by atoms with E-state index in [0.29, 0.717) is 29.4 Å². The molecule has 0 radical (unpaired) electrons. The number of aryl methyl sites for hydroxylation is 1. The molecule has 160 valence electrons. The number of nitrogens with two attached hydrogens (primary N) is 1. The number of amides is 1. The van der Waals surface area contributed by atoms with Crippen molar-refractivity contribution in [2.75, 3.05) is 13.1 Å². The van der Waals surface area contributed by atoms with Crippen molar-refractivity contribution in [3.05, 3.63) is 77.3 Å². The number of carbonyl (C=O) groups is 1. The molecule has 1 aromatic carbocycles. The Kier molecular flexibility index (Phi) is 8.73. The first kappa shape index (κ1) is 24.2. The smallest absolute Gasteiger partial charge is 0.256 e. The molecule has 3 aromatic rings. The van der Waals surface area contributed by atoms with Crippen molar-refractivity contribution in [3.8, 4) is 0 Å². The van der Waals surface area contributed by atoms with E-state index in [-0.39, 0.29) is 42.7 Å². The average Bonchev–Trinajstić information content (AvgIpc) is 3.32. The van der Waals surface area contributed by atoms with Crippen molar-refractivity contribution in [1.82, 2.24) is 15.0 Å². The minimum atomic E-state index is -0.0720. The Labute approximate surface area is 192 Å². The van der Waals surface area contributed by atoms with E-state index in [1.165, 1.54) is 17.3 Å². The average molecular weight is 467 g/mol. The number of likely N-dealkylation sites (tertiary alicyclic amines) is 1. The van der Waals surface area contributed by atoms with Crippen molar-refractivity contribution in [1.29, 1.82) is 0 Å². The van der Waals surface area contributed by atoms with Crippen molar-refractivity contribution in [2.45, 2.75) is 29.7 Å². The van der Waals surface area contributed by atoms with Gasteiger partial charge in [0, 0.05) is 43.1 Å². The van der Waals surface area contributed by atoms with Crippen LogP contribution >= 0.6 is 36.6 Å². The first-order valence-corrected chi connectivity index (χ1v) is 10.2. The number of halogens is 2. The van der Waals surface area contributed by atoms with Gasteiger partial charge in [0.2, 0.25) is 0 Å². The van der Waals surface area contributed by atoms with E-state index in [0.717, 1.165) is 11.5 Å². The summed E-state index contributed by atoms with van der Waals surface area (Å²) in [6.07, 6.45) is 1.70. The van der Waals surface area contributed by atoms with E-state index in [2.05, 4.69) is 22.3 Å². The van der Waals surface area contributed by atoms with Crippen molar-refractivity contribution in [2.24, 2.45) is 5.73 Å². The molecule has 1 fully saturated rings. The zero-order chi connectivity index (χ0) is 19.5. The highest BCUT2D eigenvalue weighted by molar-refractivity contribution is 7.98. The number of aromatic nitrogens is 2. The third kappa shape index (κ3) is 5.35. The summed E-state index contributed by atoms with van der Waals surface area (Å²) >= 11 is 1.49. The van der Waals surface area contributed by atoms with Crippen molar-refractivity contribution in [3.63, 3.8) is 0 Å². The van der Waals surface area contributed by atoms with Gasteiger partial charge in [-0.15, -0.1) is 24.8 Å². The molecule has 1 amide bonds. The lowest BCUT2D eigenvalue weighted by Crippen LogP contribution is -2.32. The largest absolute Gasteiger partial charge is 0.361 e. The van der Waals surface area contributed by atoms with Gasteiger partial charge < -0.3 is 15.2 Å². The molecule has 3 heterocycles. The lowest BCUT2D eigenvalue weighted by Gasteiger charge is -2.18. The fraction of sp³-hybridized carbons (Fsp3) is 0.286. The maximum Gasteiger partial charge on any atom is 0.256 e. The van der Waals surface area contributed by atoms with Gasteiger partial charge in [-0.25, -0.2) is 4.98 Å². The molecular formula is C21H24Cl2N4O2S. The highest BCUT2D eigenvalue weighted by Gasteiger charge is 2.35. The Morgan fingerprint density at radius 3 is 2.67 bits per heavy atom. The van der Waals surface area contributed by atoms with E-state index >= 15 is 0 Å². The Morgan fingerprint density at radius 1 is 1.20 bits per heavy atom. The second kappa shape index (κ2) is 10.8. The Hall–Kier alpha value is -2.06. The van der Waals surface area contributed by atoms with E-state index in [1.807, 2.05) is 42.2 Å². The zero-order valence-corrected chi connectivity index (χ0v) is 18.9. The molecule has 6 nitrogen and oxygen atoms in total. The summed E-state index contributed by atoms with van der Waals surface area (Å²) in [4.78, 5) is 19.4. The number of hydrogen-bond acceptors (Lipinski definition) is 6. The third-order valence-electron chi connectivity index (χ3n) is 4.92. The number of carbonyl (C=O) groups excluding carboxylic acids is 1.